The van der Waals surface area contributed by atoms with E-state index in [1.54, 1.807) is 29.1 Å². The van der Waals surface area contributed by atoms with Crippen LogP contribution in [0, 0.1) is 0 Å². The predicted molar refractivity (Wildman–Crippen MR) is 120 cm³/mol. The van der Waals surface area contributed by atoms with Crippen molar-refractivity contribution in [2.24, 2.45) is 5.73 Å². The summed E-state index contributed by atoms with van der Waals surface area (Å²) in [7, 11) is 0. The van der Waals surface area contributed by atoms with Gasteiger partial charge < -0.3 is 20.5 Å². The zero-order valence-electron chi connectivity index (χ0n) is 18.1. The van der Waals surface area contributed by atoms with Gasteiger partial charge in [-0.3, -0.25) is 4.79 Å². The monoisotopic (exact) mass is 448 g/mol. The van der Waals surface area contributed by atoms with Crippen molar-refractivity contribution in [3.05, 3.63) is 102 Å². The first-order valence-corrected chi connectivity index (χ1v) is 10.5. The molecule has 1 heterocycles. The van der Waals surface area contributed by atoms with Gasteiger partial charge >= 0.3 is 12.1 Å². The average Bonchev–Trinajstić information content (AvgIpc) is 2.85. The largest absolute Gasteiger partial charge is 0.459 e. The number of amides is 2. The van der Waals surface area contributed by atoms with Gasteiger partial charge in [-0.05, 0) is 17.2 Å². The highest BCUT2D eigenvalue weighted by Crippen LogP contribution is 2.06. The van der Waals surface area contributed by atoms with Crippen molar-refractivity contribution in [3.63, 3.8) is 0 Å². The summed E-state index contributed by atoms with van der Waals surface area (Å²) in [6.07, 6.45) is 2.83. The summed E-state index contributed by atoms with van der Waals surface area (Å²) < 4.78 is 12.4. The fraction of sp³-hybridized carbons (Fsp3) is 0.200. The summed E-state index contributed by atoms with van der Waals surface area (Å²) in [4.78, 5) is 36.5. The molecule has 8 nitrogen and oxygen atoms in total. The number of hydrogen-bond donors (Lipinski definition) is 2. The number of benzene rings is 2. The first kappa shape index (κ1) is 23.5. The number of nitrogens with two attached hydrogens (primary N) is 1. The van der Waals surface area contributed by atoms with Crippen LogP contribution in [0.4, 0.5) is 4.79 Å². The highest BCUT2D eigenvalue weighted by molar-refractivity contribution is 5.92. The Bertz CT molecular complexity index is 1070. The minimum absolute atomic E-state index is 0.0772. The van der Waals surface area contributed by atoms with Crippen molar-refractivity contribution in [1.82, 2.24) is 5.32 Å². The highest BCUT2D eigenvalue weighted by Gasteiger charge is 2.25. The molecule has 0 fully saturated rings. The molecule has 0 aliphatic carbocycles. The Kier molecular flexibility index (Phi) is 8.53. The zero-order valence-corrected chi connectivity index (χ0v) is 18.1. The number of ether oxygens (including phenoxy) is 2. The van der Waals surface area contributed by atoms with Crippen molar-refractivity contribution in [2.45, 2.75) is 32.2 Å². The van der Waals surface area contributed by atoms with Crippen LogP contribution in [-0.2, 0) is 34.0 Å². The van der Waals surface area contributed by atoms with Crippen LogP contribution < -0.4 is 15.6 Å². The number of hydrogen-bond acceptors (Lipinski definition) is 5. The van der Waals surface area contributed by atoms with Gasteiger partial charge in [-0.1, -0.05) is 60.7 Å². The van der Waals surface area contributed by atoms with Crippen LogP contribution in [-0.4, -0.2) is 24.0 Å². The Hall–Kier alpha value is -4.20. The minimum Gasteiger partial charge on any atom is -0.459 e. The molecule has 0 radical (unpaired) electrons. The Morgan fingerprint density at radius 1 is 0.848 bits per heavy atom. The van der Waals surface area contributed by atoms with Crippen LogP contribution in [0.1, 0.15) is 27.9 Å². The summed E-state index contributed by atoms with van der Waals surface area (Å²) in [5, 5.41) is 2.59. The van der Waals surface area contributed by atoms with Gasteiger partial charge in [0.05, 0.1) is 0 Å². The van der Waals surface area contributed by atoms with E-state index >= 15 is 0 Å². The number of aryl methyl sites for hydroxylation is 1. The van der Waals surface area contributed by atoms with Crippen LogP contribution >= 0.6 is 0 Å². The number of rotatable bonds is 10. The van der Waals surface area contributed by atoms with Crippen molar-refractivity contribution >= 4 is 18.0 Å². The molecule has 2 amide bonds. The average molecular weight is 448 g/mol. The molecule has 3 N–H and O–H groups in total. The molecular formula is C25H26N3O5+. The van der Waals surface area contributed by atoms with Crippen LogP contribution in [0.2, 0.25) is 0 Å². The molecule has 0 aliphatic heterocycles. The van der Waals surface area contributed by atoms with E-state index in [0.717, 1.165) is 11.1 Å². The van der Waals surface area contributed by atoms with E-state index in [2.05, 4.69) is 5.32 Å². The third-order valence-corrected chi connectivity index (χ3v) is 4.83. The Labute approximate surface area is 191 Å². The number of esters is 1. The van der Waals surface area contributed by atoms with Gasteiger partial charge in [0.25, 0.3) is 5.91 Å². The first-order chi connectivity index (χ1) is 16.0. The zero-order chi connectivity index (χ0) is 23.5. The lowest BCUT2D eigenvalue weighted by molar-refractivity contribution is -0.697. The molecule has 3 aromatic rings. The summed E-state index contributed by atoms with van der Waals surface area (Å²) >= 11 is 0. The summed E-state index contributed by atoms with van der Waals surface area (Å²) in [5.41, 5.74) is 7.33. The molecule has 0 aliphatic rings. The number of aromatic nitrogens is 1. The molecule has 33 heavy (non-hydrogen) atoms. The number of pyridine rings is 1. The van der Waals surface area contributed by atoms with Crippen molar-refractivity contribution in [2.75, 3.05) is 0 Å². The van der Waals surface area contributed by atoms with Crippen molar-refractivity contribution < 1.29 is 28.4 Å². The molecule has 0 saturated carbocycles. The maximum atomic E-state index is 12.7. The number of nitrogens with one attached hydrogen (secondary N) is 1. The Morgan fingerprint density at radius 3 is 2.06 bits per heavy atom. The lowest BCUT2D eigenvalue weighted by Gasteiger charge is -2.17. The van der Waals surface area contributed by atoms with Gasteiger partial charge in [0.15, 0.2) is 18.9 Å². The second-order valence-electron chi connectivity index (χ2n) is 7.34. The standard InChI is InChI=1S/C25H25N3O5/c26-23(29)21-12-7-14-28(16-21)15-13-22(24(30)32-17-19-8-3-1-4-9-19)27-25(31)33-18-20-10-5-2-6-11-20/h1-12,14,16,22H,13,15,17-18H2,(H2-,26,27,29,31)/p+1/t22-/m0/s1. The molecule has 1 atom stereocenters. The van der Waals surface area contributed by atoms with Gasteiger partial charge in [-0.2, -0.15) is 0 Å². The van der Waals surface area contributed by atoms with Crippen LogP contribution in [0.25, 0.3) is 0 Å². The molecule has 0 spiro atoms. The van der Waals surface area contributed by atoms with E-state index in [0.29, 0.717) is 12.1 Å². The van der Waals surface area contributed by atoms with E-state index < -0.39 is 24.0 Å². The topological polar surface area (TPSA) is 112 Å². The number of nitrogens with zero attached hydrogens (tertiary/aromatic N) is 1. The normalized spacial score (nSPS) is 11.3. The second kappa shape index (κ2) is 12.0. The van der Waals surface area contributed by atoms with Crippen molar-refractivity contribution in [1.29, 1.82) is 0 Å². The lowest BCUT2D eigenvalue weighted by atomic mass is 10.2. The van der Waals surface area contributed by atoms with E-state index in [1.807, 2.05) is 60.7 Å². The number of alkyl carbamates (subject to hydrolysis) is 1. The highest BCUT2D eigenvalue weighted by atomic mass is 16.6. The maximum Gasteiger partial charge on any atom is 0.408 e. The van der Waals surface area contributed by atoms with Crippen LogP contribution in [0.15, 0.2) is 85.2 Å². The molecular weight excluding hydrogens is 422 g/mol. The third kappa shape index (κ3) is 7.77. The maximum absolute atomic E-state index is 12.7. The third-order valence-electron chi connectivity index (χ3n) is 4.83. The molecule has 3 rings (SSSR count). The van der Waals surface area contributed by atoms with Gasteiger partial charge in [-0.25, -0.2) is 14.2 Å². The summed E-state index contributed by atoms with van der Waals surface area (Å²) in [6, 6.07) is 20.8. The Morgan fingerprint density at radius 2 is 1.45 bits per heavy atom. The predicted octanol–water partition coefficient (Wildman–Crippen LogP) is 2.50. The second-order valence-corrected chi connectivity index (χ2v) is 7.34. The Balaban J connectivity index is 1.62. The fourth-order valence-corrected chi connectivity index (χ4v) is 3.07. The smallest absolute Gasteiger partial charge is 0.408 e. The number of primary amides is 1. The van der Waals surface area contributed by atoms with Gasteiger partial charge in [0, 0.05) is 12.5 Å². The van der Waals surface area contributed by atoms with Gasteiger partial charge in [0.1, 0.15) is 24.8 Å². The minimum atomic E-state index is -0.943. The van der Waals surface area contributed by atoms with E-state index in [4.69, 9.17) is 15.2 Å². The van der Waals surface area contributed by atoms with Gasteiger partial charge in [0.2, 0.25) is 0 Å². The number of carbonyl (C=O) groups excluding carboxylic acids is 3. The summed E-state index contributed by atoms with van der Waals surface area (Å²) in [5.74, 6) is -1.13. The van der Waals surface area contributed by atoms with Crippen molar-refractivity contribution in [3.8, 4) is 0 Å². The molecule has 170 valence electrons. The SMILES string of the molecule is NC(=O)c1ccc[n+](CC[C@H](NC(=O)OCc2ccccc2)C(=O)OCc2ccccc2)c1. The molecule has 0 saturated heterocycles. The van der Waals surface area contributed by atoms with E-state index in [9.17, 15) is 14.4 Å². The van der Waals surface area contributed by atoms with Crippen LogP contribution in [0.5, 0.6) is 0 Å². The molecule has 8 heteroatoms. The fourth-order valence-electron chi connectivity index (χ4n) is 3.07. The van der Waals surface area contributed by atoms with E-state index in [1.165, 1.54) is 0 Å². The van der Waals surface area contributed by atoms with Crippen LogP contribution in [0.3, 0.4) is 0 Å². The van der Waals surface area contributed by atoms with E-state index in [-0.39, 0.29) is 19.6 Å². The molecule has 1 aromatic heterocycles. The quantitative estimate of drug-likeness (QED) is 0.366. The molecule has 0 bridgehead atoms. The summed E-state index contributed by atoms with van der Waals surface area (Å²) in [6.45, 7) is 0.500. The first-order valence-electron chi connectivity index (χ1n) is 10.5. The molecule has 0 unspecified atom stereocenters. The lowest BCUT2D eigenvalue weighted by Crippen LogP contribution is -2.45. The molecule has 2 aromatic carbocycles. The van der Waals surface area contributed by atoms with Gasteiger partial charge in [-0.15, -0.1) is 0 Å². The number of carbonyl (C=O) groups is 3.